The van der Waals surface area contributed by atoms with Crippen molar-refractivity contribution in [3.05, 3.63) is 76.3 Å². The lowest BCUT2D eigenvalue weighted by Crippen LogP contribution is -2.50. The molecule has 0 bridgehead atoms. The van der Waals surface area contributed by atoms with Crippen molar-refractivity contribution in [2.24, 2.45) is 0 Å². The van der Waals surface area contributed by atoms with Crippen molar-refractivity contribution in [2.45, 2.75) is 81.0 Å². The van der Waals surface area contributed by atoms with Gasteiger partial charge in [-0.1, -0.05) is 69.3 Å². The van der Waals surface area contributed by atoms with Crippen LogP contribution in [0.4, 0.5) is 0 Å². The van der Waals surface area contributed by atoms with E-state index in [2.05, 4.69) is 53.5 Å². The topological polar surface area (TPSA) is 61.6 Å². The lowest BCUT2D eigenvalue weighted by atomic mass is 10.0. The van der Waals surface area contributed by atoms with Gasteiger partial charge in [-0.15, -0.1) is 0 Å². The van der Waals surface area contributed by atoms with E-state index in [9.17, 15) is 10.1 Å². The van der Waals surface area contributed by atoms with Gasteiger partial charge in [-0.05, 0) is 67.2 Å². The normalized spacial score (nSPS) is 15.8. The largest absolute Gasteiger partial charge is 0.407 e. The molecule has 0 fully saturated rings. The number of rotatable bonds is 10. The fraction of sp³-hybridized carbons (Fsp3) is 0.500. The monoisotopic (exact) mass is 491 g/mol. The Morgan fingerprint density at radius 1 is 0.875 bits per heavy atom. The maximum atomic E-state index is 12.4. The van der Waals surface area contributed by atoms with Gasteiger partial charge in [0.25, 0.3) is 5.37 Å². The van der Waals surface area contributed by atoms with Crippen molar-refractivity contribution in [3.8, 4) is 0 Å². The summed E-state index contributed by atoms with van der Waals surface area (Å²) < 4.78 is 13.5. The Bertz CT molecular complexity index is 867. The van der Waals surface area contributed by atoms with E-state index in [1.54, 1.807) is 0 Å². The molecule has 2 rings (SSSR count). The van der Waals surface area contributed by atoms with E-state index in [0.717, 1.165) is 10.5 Å². The SMILES string of the molecule is CC(C)(C)[Si](C)(C)O[C@@H](c1ccccc1)[C@H](O[Si](C)(C)C)C(Sc1ccccc1)[N+](=O)[O-]. The van der Waals surface area contributed by atoms with Crippen LogP contribution in [0.3, 0.4) is 0 Å². The quantitative estimate of drug-likeness (QED) is 0.114. The van der Waals surface area contributed by atoms with Crippen LogP contribution in [0.15, 0.2) is 65.6 Å². The first kappa shape index (κ1) is 26.8. The highest BCUT2D eigenvalue weighted by atomic mass is 32.2. The van der Waals surface area contributed by atoms with Crippen LogP contribution < -0.4 is 0 Å². The molecule has 0 saturated carbocycles. The van der Waals surface area contributed by atoms with Gasteiger partial charge in [-0.25, -0.2) is 0 Å². The first-order chi connectivity index (χ1) is 14.7. The van der Waals surface area contributed by atoms with Gasteiger partial charge in [0.15, 0.2) is 22.7 Å². The van der Waals surface area contributed by atoms with Gasteiger partial charge in [0.1, 0.15) is 6.10 Å². The summed E-state index contributed by atoms with van der Waals surface area (Å²) in [7, 11) is -4.40. The number of nitro groups is 1. The highest BCUT2D eigenvalue weighted by Crippen LogP contribution is 2.43. The molecular weight excluding hydrogens is 455 g/mol. The molecule has 8 heteroatoms. The van der Waals surface area contributed by atoms with Crippen molar-refractivity contribution in [2.75, 3.05) is 0 Å². The summed E-state index contributed by atoms with van der Waals surface area (Å²) in [5.74, 6) is 0. The first-order valence-electron chi connectivity index (χ1n) is 11.0. The van der Waals surface area contributed by atoms with E-state index in [4.69, 9.17) is 8.85 Å². The average Bonchev–Trinajstić information content (AvgIpc) is 2.68. The predicted octanol–water partition coefficient (Wildman–Crippen LogP) is 7.36. The zero-order chi connectivity index (χ0) is 24.2. The molecule has 0 saturated heterocycles. The second-order valence-electron chi connectivity index (χ2n) is 10.5. The number of hydrogen-bond donors (Lipinski definition) is 0. The Kier molecular flexibility index (Phi) is 8.92. The molecule has 0 aliphatic carbocycles. The Morgan fingerprint density at radius 2 is 1.38 bits per heavy atom. The molecule has 0 aliphatic rings. The molecule has 0 radical (unpaired) electrons. The van der Waals surface area contributed by atoms with Crippen LogP contribution in [-0.4, -0.2) is 33.0 Å². The zero-order valence-electron chi connectivity index (χ0n) is 20.5. The van der Waals surface area contributed by atoms with E-state index in [1.807, 2.05) is 60.7 Å². The maximum absolute atomic E-state index is 12.4. The molecule has 32 heavy (non-hydrogen) atoms. The molecule has 0 N–H and O–H groups in total. The molecule has 0 aliphatic heterocycles. The minimum Gasteiger partial charge on any atom is -0.407 e. The van der Waals surface area contributed by atoms with Crippen LogP contribution in [-0.2, 0) is 8.85 Å². The van der Waals surface area contributed by atoms with E-state index in [-0.39, 0.29) is 9.96 Å². The number of benzene rings is 2. The molecule has 0 spiro atoms. The predicted molar refractivity (Wildman–Crippen MR) is 139 cm³/mol. The Hall–Kier alpha value is -1.46. The van der Waals surface area contributed by atoms with E-state index < -0.39 is 34.2 Å². The van der Waals surface area contributed by atoms with Gasteiger partial charge >= 0.3 is 0 Å². The second-order valence-corrected chi connectivity index (χ2v) is 20.9. The van der Waals surface area contributed by atoms with Crippen molar-refractivity contribution in [1.82, 2.24) is 0 Å². The van der Waals surface area contributed by atoms with Crippen molar-refractivity contribution < 1.29 is 13.8 Å². The van der Waals surface area contributed by atoms with Gasteiger partial charge in [-0.3, -0.25) is 10.1 Å². The molecule has 2 aromatic carbocycles. The second kappa shape index (κ2) is 10.6. The van der Waals surface area contributed by atoms with Crippen molar-refractivity contribution in [1.29, 1.82) is 0 Å². The molecule has 2 aromatic rings. The van der Waals surface area contributed by atoms with Crippen LogP contribution >= 0.6 is 11.8 Å². The zero-order valence-corrected chi connectivity index (χ0v) is 23.3. The summed E-state index contributed by atoms with van der Waals surface area (Å²) >= 11 is 1.24. The third-order valence-corrected chi connectivity index (χ3v) is 12.3. The minimum absolute atomic E-state index is 0.0412. The molecule has 1 unspecified atom stereocenters. The van der Waals surface area contributed by atoms with Crippen LogP contribution in [0.2, 0.25) is 37.8 Å². The maximum Gasteiger partial charge on any atom is 0.290 e. The number of hydrogen-bond acceptors (Lipinski definition) is 5. The number of thioether (sulfide) groups is 1. The highest BCUT2D eigenvalue weighted by molar-refractivity contribution is 7.99. The average molecular weight is 492 g/mol. The summed E-state index contributed by atoms with van der Waals surface area (Å²) in [5.41, 5.74) is 0.918. The third kappa shape index (κ3) is 7.55. The van der Waals surface area contributed by atoms with Crippen LogP contribution in [0, 0.1) is 10.1 Å². The molecule has 0 amide bonds. The minimum atomic E-state index is -2.26. The lowest BCUT2D eigenvalue weighted by molar-refractivity contribution is -0.507. The molecule has 0 aromatic heterocycles. The van der Waals surface area contributed by atoms with Crippen LogP contribution in [0.5, 0.6) is 0 Å². The Labute approximate surface area is 199 Å². The van der Waals surface area contributed by atoms with Crippen molar-refractivity contribution in [3.63, 3.8) is 0 Å². The van der Waals surface area contributed by atoms with E-state index >= 15 is 0 Å². The van der Waals surface area contributed by atoms with Crippen LogP contribution in [0.1, 0.15) is 32.4 Å². The molecule has 0 heterocycles. The summed E-state index contributed by atoms with van der Waals surface area (Å²) in [6.45, 7) is 17.1. The lowest BCUT2D eigenvalue weighted by Gasteiger charge is -2.42. The molecular formula is C24H37NO4SSi2. The molecule has 3 atom stereocenters. The summed E-state index contributed by atoms with van der Waals surface area (Å²) in [6.07, 6.45) is -1.26. The van der Waals surface area contributed by atoms with E-state index in [0.29, 0.717) is 0 Å². The smallest absolute Gasteiger partial charge is 0.290 e. The standard InChI is InChI=1S/C24H37NO4SSi2/c1-24(2,3)32(7,8)29-21(19-15-11-9-12-16-19)22(28-31(4,5)6)23(25(26)27)30-20-17-13-10-14-18-20/h9-18,21-23H,1-8H3/t21-,22-,23?/m0/s1. The number of nitrogens with zero attached hydrogens (tertiary/aromatic N) is 1. The summed E-state index contributed by atoms with van der Waals surface area (Å²) in [4.78, 5) is 13.0. The van der Waals surface area contributed by atoms with Crippen LogP contribution in [0.25, 0.3) is 0 Å². The van der Waals surface area contributed by atoms with Gasteiger partial charge < -0.3 is 8.85 Å². The molecule has 176 valence electrons. The third-order valence-electron chi connectivity index (χ3n) is 5.63. The van der Waals surface area contributed by atoms with Gasteiger partial charge in [-0.2, -0.15) is 0 Å². The van der Waals surface area contributed by atoms with Gasteiger partial charge in [0.05, 0.1) is 0 Å². The Balaban J connectivity index is 2.59. The highest BCUT2D eigenvalue weighted by Gasteiger charge is 2.47. The first-order valence-corrected chi connectivity index (χ1v) is 18.2. The fourth-order valence-corrected chi connectivity index (χ4v) is 6.45. The van der Waals surface area contributed by atoms with Gasteiger partial charge in [0, 0.05) is 9.82 Å². The Morgan fingerprint density at radius 3 is 1.81 bits per heavy atom. The molecule has 5 nitrogen and oxygen atoms in total. The summed E-state index contributed by atoms with van der Waals surface area (Å²) in [6, 6.07) is 19.3. The van der Waals surface area contributed by atoms with Gasteiger partial charge in [0.2, 0.25) is 0 Å². The summed E-state index contributed by atoms with van der Waals surface area (Å²) in [5, 5.41) is 11.4. The van der Waals surface area contributed by atoms with Crippen molar-refractivity contribution >= 4 is 28.4 Å². The fourth-order valence-electron chi connectivity index (χ4n) is 3.01. The van der Waals surface area contributed by atoms with E-state index in [1.165, 1.54) is 11.8 Å².